The molecule has 2 aromatic carbocycles. The van der Waals surface area contributed by atoms with Crippen molar-refractivity contribution >= 4 is 29.3 Å². The number of Topliss-reactive ketones (excluding diaryl/α,β-unsaturated/α-hetero) is 1. The largest absolute Gasteiger partial charge is 0.494 e. The van der Waals surface area contributed by atoms with Crippen LogP contribution in [-0.4, -0.2) is 42.8 Å². The van der Waals surface area contributed by atoms with E-state index in [0.717, 1.165) is 0 Å². The van der Waals surface area contributed by atoms with Crippen LogP contribution in [-0.2, 0) is 14.3 Å². The quantitative estimate of drug-likeness (QED) is 0.484. The molecule has 0 aliphatic carbocycles. The van der Waals surface area contributed by atoms with Crippen LogP contribution in [0.25, 0.3) is 0 Å². The van der Waals surface area contributed by atoms with Gasteiger partial charge >= 0.3 is 5.97 Å². The normalized spacial score (nSPS) is 11.2. The van der Waals surface area contributed by atoms with Crippen LogP contribution in [0.2, 0.25) is 0 Å². The first kappa shape index (κ1) is 22.6. The van der Waals surface area contributed by atoms with Gasteiger partial charge in [-0.25, -0.2) is 0 Å². The summed E-state index contributed by atoms with van der Waals surface area (Å²) in [6.07, 6.45) is -1.08. The van der Waals surface area contributed by atoms with Gasteiger partial charge in [-0.1, -0.05) is 12.1 Å². The molecule has 8 heteroatoms. The van der Waals surface area contributed by atoms with Crippen LogP contribution in [0.4, 0.5) is 5.69 Å². The summed E-state index contributed by atoms with van der Waals surface area (Å²) in [7, 11) is 0. The average molecular weight is 412 g/mol. The molecular weight excluding hydrogens is 388 g/mol. The molecule has 2 N–H and O–H groups in total. The maximum absolute atomic E-state index is 12.2. The minimum atomic E-state index is -1.08. The first-order chi connectivity index (χ1) is 14.3. The van der Waals surface area contributed by atoms with Gasteiger partial charge in [-0.15, -0.1) is 0 Å². The Labute approximate surface area is 174 Å². The van der Waals surface area contributed by atoms with Crippen molar-refractivity contribution in [2.45, 2.75) is 26.9 Å². The highest BCUT2D eigenvalue weighted by Gasteiger charge is 2.19. The molecule has 2 rings (SSSR count). The lowest BCUT2D eigenvalue weighted by atomic mass is 10.1. The van der Waals surface area contributed by atoms with Crippen molar-refractivity contribution in [3.05, 3.63) is 59.7 Å². The second-order valence-electron chi connectivity index (χ2n) is 6.40. The monoisotopic (exact) mass is 412 g/mol. The molecule has 0 saturated heterocycles. The summed E-state index contributed by atoms with van der Waals surface area (Å²) in [5.41, 5.74) is 1.23. The van der Waals surface area contributed by atoms with Crippen molar-refractivity contribution in [2.24, 2.45) is 0 Å². The number of carbonyl (C=O) groups is 4. The molecule has 0 aliphatic heterocycles. The van der Waals surface area contributed by atoms with Crippen LogP contribution in [0.1, 0.15) is 41.5 Å². The Hall–Kier alpha value is -3.68. The summed E-state index contributed by atoms with van der Waals surface area (Å²) in [5.74, 6) is -1.25. The van der Waals surface area contributed by atoms with Gasteiger partial charge in [0.05, 0.1) is 6.61 Å². The first-order valence-corrected chi connectivity index (χ1v) is 9.42. The SMILES string of the molecule is CCOc1ccc(C(=O)NCC(=O)OC(C)C(=O)Nc2cccc(C(C)=O)c2)cc1. The molecule has 8 nitrogen and oxygen atoms in total. The number of nitrogens with one attached hydrogen (secondary N) is 2. The number of anilines is 1. The lowest BCUT2D eigenvalue weighted by Gasteiger charge is -2.14. The molecule has 0 fully saturated rings. The molecule has 2 aromatic rings. The van der Waals surface area contributed by atoms with Gasteiger partial charge in [-0.3, -0.25) is 19.2 Å². The van der Waals surface area contributed by atoms with Gasteiger partial charge in [-0.2, -0.15) is 0 Å². The first-order valence-electron chi connectivity index (χ1n) is 9.42. The third-order valence-electron chi connectivity index (χ3n) is 4.03. The van der Waals surface area contributed by atoms with E-state index < -0.39 is 23.9 Å². The minimum Gasteiger partial charge on any atom is -0.494 e. The van der Waals surface area contributed by atoms with Crippen LogP contribution in [0.5, 0.6) is 5.75 Å². The number of hydrogen-bond acceptors (Lipinski definition) is 6. The molecule has 0 radical (unpaired) electrons. The van der Waals surface area contributed by atoms with Gasteiger partial charge in [0.2, 0.25) is 0 Å². The number of ketones is 1. The van der Waals surface area contributed by atoms with E-state index >= 15 is 0 Å². The number of rotatable bonds is 9. The predicted octanol–water partition coefficient (Wildman–Crippen LogP) is 2.59. The van der Waals surface area contributed by atoms with E-state index in [1.54, 1.807) is 42.5 Å². The minimum absolute atomic E-state index is 0.131. The molecule has 1 unspecified atom stereocenters. The summed E-state index contributed by atoms with van der Waals surface area (Å²) in [6.45, 7) is 4.83. The summed E-state index contributed by atoms with van der Waals surface area (Å²) in [5, 5.41) is 5.02. The van der Waals surface area contributed by atoms with E-state index in [9.17, 15) is 19.2 Å². The number of esters is 1. The van der Waals surface area contributed by atoms with Gasteiger partial charge in [0.25, 0.3) is 11.8 Å². The van der Waals surface area contributed by atoms with Crippen molar-refractivity contribution in [3.63, 3.8) is 0 Å². The molecule has 0 heterocycles. The standard InChI is InChI=1S/C22H24N2O6/c1-4-29-19-10-8-16(9-11-19)22(28)23-13-20(26)30-15(3)21(27)24-18-7-5-6-17(12-18)14(2)25/h5-12,15H,4,13H2,1-3H3,(H,23,28)(H,24,27). The van der Waals surface area contributed by atoms with Crippen molar-refractivity contribution in [1.29, 1.82) is 0 Å². The highest BCUT2D eigenvalue weighted by atomic mass is 16.5. The highest BCUT2D eigenvalue weighted by molar-refractivity contribution is 5.99. The van der Waals surface area contributed by atoms with Crippen LogP contribution < -0.4 is 15.4 Å². The molecule has 0 bridgehead atoms. The third kappa shape index (κ3) is 6.73. The fourth-order valence-electron chi connectivity index (χ4n) is 2.48. The van der Waals surface area contributed by atoms with Crippen LogP contribution in [0.3, 0.4) is 0 Å². The summed E-state index contributed by atoms with van der Waals surface area (Å²) in [4.78, 5) is 47.7. The Morgan fingerprint density at radius 2 is 1.70 bits per heavy atom. The zero-order valence-corrected chi connectivity index (χ0v) is 17.1. The Bertz CT molecular complexity index is 923. The van der Waals surface area contributed by atoms with Gasteiger partial charge in [0, 0.05) is 16.8 Å². The maximum atomic E-state index is 12.2. The molecule has 158 valence electrons. The molecule has 2 amide bonds. The second kappa shape index (κ2) is 10.8. The predicted molar refractivity (Wildman–Crippen MR) is 111 cm³/mol. The van der Waals surface area contributed by atoms with Gasteiger partial charge in [-0.05, 0) is 57.2 Å². The second-order valence-corrected chi connectivity index (χ2v) is 6.40. The molecule has 1 atom stereocenters. The smallest absolute Gasteiger partial charge is 0.326 e. The zero-order chi connectivity index (χ0) is 22.1. The number of amides is 2. The zero-order valence-electron chi connectivity index (χ0n) is 17.1. The maximum Gasteiger partial charge on any atom is 0.326 e. The van der Waals surface area contributed by atoms with Crippen LogP contribution in [0.15, 0.2) is 48.5 Å². The molecule has 0 spiro atoms. The van der Waals surface area contributed by atoms with Crippen molar-refractivity contribution in [1.82, 2.24) is 5.32 Å². The van der Waals surface area contributed by atoms with Crippen molar-refractivity contribution in [2.75, 3.05) is 18.5 Å². The van der Waals surface area contributed by atoms with Gasteiger partial charge in [0.1, 0.15) is 12.3 Å². The highest BCUT2D eigenvalue weighted by Crippen LogP contribution is 2.13. The van der Waals surface area contributed by atoms with E-state index in [-0.39, 0.29) is 12.3 Å². The Kier molecular flexibility index (Phi) is 8.10. The topological polar surface area (TPSA) is 111 Å². The van der Waals surface area contributed by atoms with Crippen molar-refractivity contribution < 1.29 is 28.7 Å². The molecular formula is C22H24N2O6. The van der Waals surface area contributed by atoms with E-state index in [1.165, 1.54) is 19.9 Å². The third-order valence-corrected chi connectivity index (χ3v) is 4.03. The summed E-state index contributed by atoms with van der Waals surface area (Å²) in [6, 6.07) is 12.9. The van der Waals surface area contributed by atoms with Crippen molar-refractivity contribution in [3.8, 4) is 5.75 Å². The number of carbonyl (C=O) groups excluding carboxylic acids is 4. The van der Waals surface area contributed by atoms with Gasteiger partial charge < -0.3 is 20.1 Å². The molecule has 0 aromatic heterocycles. The lowest BCUT2D eigenvalue weighted by molar-refractivity contribution is -0.152. The lowest BCUT2D eigenvalue weighted by Crippen LogP contribution is -2.35. The fourth-order valence-corrected chi connectivity index (χ4v) is 2.48. The Balaban J connectivity index is 1.82. The Morgan fingerprint density at radius 3 is 2.33 bits per heavy atom. The van der Waals surface area contributed by atoms with Gasteiger partial charge in [0.15, 0.2) is 11.9 Å². The Morgan fingerprint density at radius 1 is 1.00 bits per heavy atom. The fraction of sp³-hybridized carbons (Fsp3) is 0.273. The van der Waals surface area contributed by atoms with Crippen LogP contribution in [0, 0.1) is 0 Å². The van der Waals surface area contributed by atoms with E-state index in [2.05, 4.69) is 10.6 Å². The number of benzene rings is 2. The van der Waals surface area contributed by atoms with E-state index in [4.69, 9.17) is 9.47 Å². The number of ether oxygens (including phenoxy) is 2. The summed E-state index contributed by atoms with van der Waals surface area (Å²) < 4.78 is 10.4. The molecule has 0 aliphatic rings. The average Bonchev–Trinajstić information content (AvgIpc) is 2.73. The van der Waals surface area contributed by atoms with E-state index in [1.807, 2.05) is 6.92 Å². The molecule has 0 saturated carbocycles. The summed E-state index contributed by atoms with van der Waals surface area (Å²) >= 11 is 0. The van der Waals surface area contributed by atoms with Crippen LogP contribution >= 0.6 is 0 Å². The van der Waals surface area contributed by atoms with E-state index in [0.29, 0.717) is 29.2 Å². The molecule has 30 heavy (non-hydrogen) atoms. The number of hydrogen-bond donors (Lipinski definition) is 2.